The Balaban J connectivity index is 1.75. The molecule has 0 unspecified atom stereocenters. The normalized spacial score (nSPS) is 10.9. The second-order valence-electron chi connectivity index (χ2n) is 6.14. The Hall–Kier alpha value is -3.23. The minimum absolute atomic E-state index is 0.148. The van der Waals surface area contributed by atoms with Crippen LogP contribution in [-0.4, -0.2) is 28.5 Å². The number of amides is 1. The molecule has 0 spiro atoms. The highest BCUT2D eigenvalue weighted by Gasteiger charge is 2.16. The SMILES string of the molecule is COc1cc(OC)c(NC(=O)c2ccc(NS(=O)(=O)c3ccccc3)cc2)cc1Cl. The number of nitrogens with one attached hydrogen (secondary N) is 2. The Morgan fingerprint density at radius 2 is 1.53 bits per heavy atom. The summed E-state index contributed by atoms with van der Waals surface area (Å²) in [6.07, 6.45) is 0. The van der Waals surface area contributed by atoms with Crippen molar-refractivity contribution in [2.45, 2.75) is 4.90 Å². The average Bonchev–Trinajstić information content (AvgIpc) is 2.75. The van der Waals surface area contributed by atoms with Gasteiger partial charge in [-0.2, -0.15) is 0 Å². The van der Waals surface area contributed by atoms with Crippen molar-refractivity contribution < 1.29 is 22.7 Å². The lowest BCUT2D eigenvalue weighted by atomic mass is 10.2. The van der Waals surface area contributed by atoms with Crippen LogP contribution in [0.2, 0.25) is 5.02 Å². The van der Waals surface area contributed by atoms with Gasteiger partial charge in [0.1, 0.15) is 11.5 Å². The Morgan fingerprint density at radius 1 is 0.900 bits per heavy atom. The van der Waals surface area contributed by atoms with Gasteiger partial charge in [0.2, 0.25) is 0 Å². The van der Waals surface area contributed by atoms with Gasteiger partial charge >= 0.3 is 0 Å². The molecular formula is C21H19ClN2O5S. The molecule has 0 fully saturated rings. The van der Waals surface area contributed by atoms with Crippen LogP contribution in [0, 0.1) is 0 Å². The van der Waals surface area contributed by atoms with E-state index in [9.17, 15) is 13.2 Å². The summed E-state index contributed by atoms with van der Waals surface area (Å²) in [5.41, 5.74) is 1.04. The lowest BCUT2D eigenvalue weighted by Gasteiger charge is -2.13. The zero-order valence-electron chi connectivity index (χ0n) is 16.2. The van der Waals surface area contributed by atoms with Gasteiger partial charge in [-0.05, 0) is 42.5 Å². The van der Waals surface area contributed by atoms with Crippen molar-refractivity contribution in [3.63, 3.8) is 0 Å². The van der Waals surface area contributed by atoms with Crippen molar-refractivity contribution >= 4 is 38.9 Å². The van der Waals surface area contributed by atoms with Crippen LogP contribution >= 0.6 is 11.6 Å². The first kappa shape index (κ1) is 21.5. The van der Waals surface area contributed by atoms with Crippen molar-refractivity contribution in [1.29, 1.82) is 0 Å². The number of methoxy groups -OCH3 is 2. The highest BCUT2D eigenvalue weighted by Crippen LogP contribution is 2.36. The molecule has 0 radical (unpaired) electrons. The fourth-order valence-corrected chi connectivity index (χ4v) is 3.98. The predicted octanol–water partition coefficient (Wildman–Crippen LogP) is 4.41. The number of carbonyl (C=O) groups is 1. The van der Waals surface area contributed by atoms with E-state index in [0.29, 0.717) is 33.5 Å². The van der Waals surface area contributed by atoms with Crippen LogP contribution in [0.3, 0.4) is 0 Å². The van der Waals surface area contributed by atoms with E-state index in [1.54, 1.807) is 24.3 Å². The summed E-state index contributed by atoms with van der Waals surface area (Å²) in [7, 11) is -0.766. The van der Waals surface area contributed by atoms with E-state index < -0.39 is 15.9 Å². The third-order valence-electron chi connectivity index (χ3n) is 4.17. The molecule has 156 valence electrons. The summed E-state index contributed by atoms with van der Waals surface area (Å²) in [6, 6.07) is 17.1. The highest BCUT2D eigenvalue weighted by molar-refractivity contribution is 7.92. The van der Waals surface area contributed by atoms with E-state index in [2.05, 4.69) is 10.0 Å². The summed E-state index contributed by atoms with van der Waals surface area (Å²) in [5.74, 6) is 0.394. The monoisotopic (exact) mass is 446 g/mol. The molecule has 0 aliphatic carbocycles. The molecule has 3 rings (SSSR count). The number of rotatable bonds is 7. The van der Waals surface area contributed by atoms with E-state index in [0.717, 1.165) is 0 Å². The molecule has 0 aliphatic heterocycles. The number of anilines is 2. The van der Waals surface area contributed by atoms with Crippen LogP contribution in [0.15, 0.2) is 71.6 Å². The Kier molecular flexibility index (Phi) is 6.49. The van der Waals surface area contributed by atoms with E-state index in [1.807, 2.05) is 0 Å². The summed E-state index contributed by atoms with van der Waals surface area (Å²) in [4.78, 5) is 12.7. The fourth-order valence-electron chi connectivity index (χ4n) is 2.66. The molecule has 1 amide bonds. The molecule has 3 aromatic carbocycles. The van der Waals surface area contributed by atoms with Gasteiger partial charge < -0.3 is 14.8 Å². The Labute approximate surface area is 179 Å². The summed E-state index contributed by atoms with van der Waals surface area (Å²) in [6.45, 7) is 0. The van der Waals surface area contributed by atoms with E-state index >= 15 is 0 Å². The Morgan fingerprint density at radius 3 is 2.13 bits per heavy atom. The van der Waals surface area contributed by atoms with Gasteiger partial charge in [0, 0.05) is 17.3 Å². The summed E-state index contributed by atoms with van der Waals surface area (Å²) < 4.78 is 37.7. The van der Waals surface area contributed by atoms with Crippen LogP contribution in [-0.2, 0) is 10.0 Å². The van der Waals surface area contributed by atoms with Gasteiger partial charge in [-0.25, -0.2) is 8.42 Å². The number of ether oxygens (including phenoxy) is 2. The molecule has 7 nitrogen and oxygen atoms in total. The number of halogens is 1. The third kappa shape index (κ3) is 4.84. The van der Waals surface area contributed by atoms with Gasteiger partial charge in [0.15, 0.2) is 0 Å². The summed E-state index contributed by atoms with van der Waals surface area (Å²) in [5, 5.41) is 3.04. The van der Waals surface area contributed by atoms with Crippen molar-refractivity contribution in [1.82, 2.24) is 0 Å². The number of sulfonamides is 1. The van der Waals surface area contributed by atoms with Crippen molar-refractivity contribution in [2.24, 2.45) is 0 Å². The van der Waals surface area contributed by atoms with E-state index in [-0.39, 0.29) is 4.90 Å². The molecule has 0 aromatic heterocycles. The lowest BCUT2D eigenvalue weighted by molar-refractivity contribution is 0.102. The molecule has 0 saturated carbocycles. The molecule has 0 aliphatic rings. The highest BCUT2D eigenvalue weighted by atomic mass is 35.5. The number of carbonyl (C=O) groups excluding carboxylic acids is 1. The van der Waals surface area contributed by atoms with Crippen LogP contribution < -0.4 is 19.5 Å². The van der Waals surface area contributed by atoms with Gasteiger partial charge in [0.25, 0.3) is 15.9 Å². The molecule has 3 aromatic rings. The third-order valence-corrected chi connectivity index (χ3v) is 5.87. The van der Waals surface area contributed by atoms with E-state index in [4.69, 9.17) is 21.1 Å². The van der Waals surface area contributed by atoms with Crippen LogP contribution in [0.25, 0.3) is 0 Å². The van der Waals surface area contributed by atoms with E-state index in [1.165, 1.54) is 56.7 Å². The topological polar surface area (TPSA) is 93.7 Å². The zero-order chi connectivity index (χ0) is 21.7. The number of benzene rings is 3. The van der Waals surface area contributed by atoms with Gasteiger partial charge in [0.05, 0.1) is 29.8 Å². The fraction of sp³-hybridized carbons (Fsp3) is 0.0952. The molecule has 0 heterocycles. The maximum atomic E-state index is 12.6. The van der Waals surface area contributed by atoms with Crippen molar-refractivity contribution in [3.05, 3.63) is 77.3 Å². The molecule has 9 heteroatoms. The quantitative estimate of drug-likeness (QED) is 0.560. The first-order valence-corrected chi connectivity index (χ1v) is 10.6. The molecule has 0 saturated heterocycles. The standard InChI is InChI=1S/C21H19ClN2O5S/c1-28-19-13-20(29-2)18(12-17(19)22)23-21(25)14-8-10-15(11-9-14)24-30(26,27)16-6-4-3-5-7-16/h3-13,24H,1-2H3,(H,23,25). The smallest absolute Gasteiger partial charge is 0.261 e. The minimum atomic E-state index is -3.71. The molecule has 30 heavy (non-hydrogen) atoms. The number of hydrogen-bond donors (Lipinski definition) is 2. The maximum absolute atomic E-state index is 12.6. The zero-order valence-corrected chi connectivity index (χ0v) is 17.8. The van der Waals surface area contributed by atoms with Crippen molar-refractivity contribution in [2.75, 3.05) is 24.3 Å². The molecule has 0 bridgehead atoms. The van der Waals surface area contributed by atoms with Crippen LogP contribution in [0.5, 0.6) is 11.5 Å². The largest absolute Gasteiger partial charge is 0.495 e. The van der Waals surface area contributed by atoms with Crippen LogP contribution in [0.1, 0.15) is 10.4 Å². The second-order valence-corrected chi connectivity index (χ2v) is 8.23. The lowest BCUT2D eigenvalue weighted by Crippen LogP contribution is -2.14. The van der Waals surface area contributed by atoms with Gasteiger partial charge in [-0.1, -0.05) is 29.8 Å². The van der Waals surface area contributed by atoms with Crippen molar-refractivity contribution in [3.8, 4) is 11.5 Å². The van der Waals surface area contributed by atoms with Gasteiger partial charge in [-0.3, -0.25) is 9.52 Å². The van der Waals surface area contributed by atoms with Crippen LogP contribution in [0.4, 0.5) is 11.4 Å². The number of hydrogen-bond acceptors (Lipinski definition) is 5. The van der Waals surface area contributed by atoms with Gasteiger partial charge in [-0.15, -0.1) is 0 Å². The Bertz CT molecular complexity index is 1150. The second kappa shape index (κ2) is 9.06. The molecular weight excluding hydrogens is 428 g/mol. The first-order chi connectivity index (χ1) is 14.3. The predicted molar refractivity (Wildman–Crippen MR) is 116 cm³/mol. The maximum Gasteiger partial charge on any atom is 0.261 e. The molecule has 2 N–H and O–H groups in total. The average molecular weight is 447 g/mol. The first-order valence-electron chi connectivity index (χ1n) is 8.75. The molecule has 0 atom stereocenters. The summed E-state index contributed by atoms with van der Waals surface area (Å²) >= 11 is 6.12. The minimum Gasteiger partial charge on any atom is -0.495 e.